The molecule has 2 aromatic rings. The summed E-state index contributed by atoms with van der Waals surface area (Å²) in [6.45, 7) is 0. The molecule has 0 saturated heterocycles. The van der Waals surface area contributed by atoms with Gasteiger partial charge in [-0.2, -0.15) is 0 Å². The highest BCUT2D eigenvalue weighted by Gasteiger charge is 2.12. The molecule has 0 aliphatic carbocycles. The second-order valence-corrected chi connectivity index (χ2v) is 3.91. The van der Waals surface area contributed by atoms with E-state index in [9.17, 15) is 13.6 Å². The lowest BCUT2D eigenvalue weighted by Gasteiger charge is -2.06. The summed E-state index contributed by atoms with van der Waals surface area (Å²) >= 11 is 0. The first-order valence-corrected chi connectivity index (χ1v) is 5.50. The fourth-order valence-electron chi connectivity index (χ4n) is 1.52. The summed E-state index contributed by atoms with van der Waals surface area (Å²) in [6.07, 6.45) is 1.12. The lowest BCUT2D eigenvalue weighted by Crippen LogP contribution is -2.16. The van der Waals surface area contributed by atoms with Crippen molar-refractivity contribution in [1.29, 1.82) is 0 Å². The van der Waals surface area contributed by atoms with Crippen LogP contribution in [0.1, 0.15) is 5.56 Å². The summed E-state index contributed by atoms with van der Waals surface area (Å²) < 4.78 is 26.3. The minimum absolute atomic E-state index is 0.00653. The van der Waals surface area contributed by atoms with E-state index in [1.807, 2.05) is 0 Å². The number of nitrogens with two attached hydrogens (primary N) is 1. The summed E-state index contributed by atoms with van der Waals surface area (Å²) in [7, 11) is 0. The van der Waals surface area contributed by atoms with E-state index in [1.165, 1.54) is 24.4 Å². The van der Waals surface area contributed by atoms with E-state index >= 15 is 0 Å². The number of nitrogens with zero attached hydrogens (tertiary/aromatic N) is 1. The second-order valence-electron chi connectivity index (χ2n) is 3.91. The Labute approximate surface area is 108 Å². The van der Waals surface area contributed by atoms with Gasteiger partial charge in [0.2, 0.25) is 5.91 Å². The molecular formula is C13H11F2N3O. The Bertz CT molecular complexity index is 599. The van der Waals surface area contributed by atoms with Crippen molar-refractivity contribution in [1.82, 2.24) is 4.98 Å². The van der Waals surface area contributed by atoms with E-state index in [1.54, 1.807) is 6.07 Å². The van der Waals surface area contributed by atoms with E-state index in [0.29, 0.717) is 11.5 Å². The third-order valence-corrected chi connectivity index (χ3v) is 2.44. The number of hydrogen-bond acceptors (Lipinski definition) is 3. The van der Waals surface area contributed by atoms with Crippen molar-refractivity contribution >= 4 is 17.4 Å². The second kappa shape index (κ2) is 5.43. The van der Waals surface area contributed by atoms with E-state index in [2.05, 4.69) is 10.3 Å². The molecule has 0 unspecified atom stereocenters. The summed E-state index contributed by atoms with van der Waals surface area (Å²) in [5, 5.41) is 2.47. The Morgan fingerprint density at radius 2 is 2.05 bits per heavy atom. The zero-order valence-corrected chi connectivity index (χ0v) is 9.86. The predicted molar refractivity (Wildman–Crippen MR) is 67.3 cm³/mol. The number of benzene rings is 1. The SMILES string of the molecule is Nc1ccc(NC(=O)Cc2cccc(F)c2F)nc1. The van der Waals surface area contributed by atoms with Crippen molar-refractivity contribution < 1.29 is 13.6 Å². The van der Waals surface area contributed by atoms with Gasteiger partial charge in [-0.25, -0.2) is 13.8 Å². The molecule has 0 radical (unpaired) electrons. The van der Waals surface area contributed by atoms with Gasteiger partial charge in [0.1, 0.15) is 5.82 Å². The average molecular weight is 263 g/mol. The zero-order valence-electron chi connectivity index (χ0n) is 9.86. The van der Waals surface area contributed by atoms with Crippen LogP contribution in [0, 0.1) is 11.6 Å². The molecule has 1 aromatic carbocycles. The maximum atomic E-state index is 13.4. The number of amides is 1. The van der Waals surface area contributed by atoms with Crippen molar-refractivity contribution in [3.63, 3.8) is 0 Å². The number of pyridine rings is 1. The topological polar surface area (TPSA) is 68.0 Å². The van der Waals surface area contributed by atoms with Crippen LogP contribution >= 0.6 is 0 Å². The predicted octanol–water partition coefficient (Wildman–Crippen LogP) is 2.12. The lowest BCUT2D eigenvalue weighted by molar-refractivity contribution is -0.115. The van der Waals surface area contributed by atoms with Gasteiger partial charge < -0.3 is 11.1 Å². The zero-order chi connectivity index (χ0) is 13.8. The summed E-state index contributed by atoms with van der Waals surface area (Å²) in [4.78, 5) is 15.5. The number of carbonyl (C=O) groups is 1. The molecule has 1 amide bonds. The minimum Gasteiger partial charge on any atom is -0.397 e. The van der Waals surface area contributed by atoms with Crippen molar-refractivity contribution in [3.05, 3.63) is 53.7 Å². The average Bonchev–Trinajstić information content (AvgIpc) is 2.38. The summed E-state index contributed by atoms with van der Waals surface area (Å²) in [5.41, 5.74) is 5.91. The van der Waals surface area contributed by atoms with Gasteiger partial charge in [0, 0.05) is 5.56 Å². The van der Waals surface area contributed by atoms with Crippen molar-refractivity contribution in [2.24, 2.45) is 0 Å². The molecule has 0 spiro atoms. The number of nitrogen functional groups attached to an aromatic ring is 1. The van der Waals surface area contributed by atoms with E-state index in [4.69, 9.17) is 5.73 Å². The van der Waals surface area contributed by atoms with E-state index in [0.717, 1.165) is 6.07 Å². The molecule has 0 aliphatic rings. The first kappa shape index (κ1) is 12.9. The van der Waals surface area contributed by atoms with Gasteiger partial charge in [0.25, 0.3) is 0 Å². The van der Waals surface area contributed by atoms with Gasteiger partial charge in [-0.05, 0) is 18.2 Å². The Morgan fingerprint density at radius 1 is 1.26 bits per heavy atom. The number of carbonyl (C=O) groups excluding carboxylic acids is 1. The number of anilines is 2. The highest BCUT2D eigenvalue weighted by atomic mass is 19.2. The number of hydrogen-bond donors (Lipinski definition) is 2. The Kier molecular flexibility index (Phi) is 3.70. The first-order valence-electron chi connectivity index (χ1n) is 5.50. The highest BCUT2D eigenvalue weighted by Crippen LogP contribution is 2.13. The van der Waals surface area contributed by atoms with Crippen LogP contribution in [0.25, 0.3) is 0 Å². The molecular weight excluding hydrogens is 252 g/mol. The minimum atomic E-state index is -1.01. The van der Waals surface area contributed by atoms with Crippen LogP contribution in [0.4, 0.5) is 20.3 Å². The van der Waals surface area contributed by atoms with Gasteiger partial charge >= 0.3 is 0 Å². The fraction of sp³-hybridized carbons (Fsp3) is 0.0769. The number of rotatable bonds is 3. The smallest absolute Gasteiger partial charge is 0.230 e. The van der Waals surface area contributed by atoms with Crippen LogP contribution in [0.3, 0.4) is 0 Å². The van der Waals surface area contributed by atoms with Crippen molar-refractivity contribution in [3.8, 4) is 0 Å². The maximum Gasteiger partial charge on any atom is 0.230 e. The molecule has 19 heavy (non-hydrogen) atoms. The molecule has 1 heterocycles. The largest absolute Gasteiger partial charge is 0.397 e. The number of aromatic nitrogens is 1. The molecule has 4 nitrogen and oxygen atoms in total. The third-order valence-electron chi connectivity index (χ3n) is 2.44. The summed E-state index contributed by atoms with van der Waals surface area (Å²) in [6, 6.07) is 6.80. The lowest BCUT2D eigenvalue weighted by atomic mass is 10.1. The van der Waals surface area contributed by atoms with Crippen LogP contribution in [0.15, 0.2) is 36.5 Å². The third kappa shape index (κ3) is 3.25. The van der Waals surface area contributed by atoms with Gasteiger partial charge in [0.05, 0.1) is 18.3 Å². The number of nitrogens with one attached hydrogen (secondary N) is 1. The van der Waals surface area contributed by atoms with Crippen molar-refractivity contribution in [2.75, 3.05) is 11.1 Å². The van der Waals surface area contributed by atoms with Gasteiger partial charge in [-0.1, -0.05) is 12.1 Å². The fourth-order valence-corrected chi connectivity index (χ4v) is 1.52. The van der Waals surface area contributed by atoms with E-state index < -0.39 is 17.5 Å². The Morgan fingerprint density at radius 3 is 2.74 bits per heavy atom. The molecule has 3 N–H and O–H groups in total. The standard InChI is InChI=1S/C13H11F2N3O/c14-10-3-1-2-8(13(10)15)6-12(19)18-11-5-4-9(16)7-17-11/h1-5,7H,6,16H2,(H,17,18,19). The Balaban J connectivity index is 2.05. The molecule has 0 aliphatic heterocycles. The molecule has 2 rings (SSSR count). The molecule has 0 fully saturated rings. The summed E-state index contributed by atoms with van der Waals surface area (Å²) in [5.74, 6) is -2.17. The van der Waals surface area contributed by atoms with Gasteiger partial charge in [-0.15, -0.1) is 0 Å². The molecule has 0 atom stereocenters. The molecule has 1 aromatic heterocycles. The Hall–Kier alpha value is -2.50. The van der Waals surface area contributed by atoms with Crippen LogP contribution in [0.2, 0.25) is 0 Å². The van der Waals surface area contributed by atoms with Crippen LogP contribution < -0.4 is 11.1 Å². The maximum absolute atomic E-state index is 13.4. The molecule has 6 heteroatoms. The van der Waals surface area contributed by atoms with Crippen LogP contribution in [0.5, 0.6) is 0 Å². The van der Waals surface area contributed by atoms with Crippen LogP contribution in [-0.4, -0.2) is 10.9 Å². The first-order chi connectivity index (χ1) is 9.06. The molecule has 0 bridgehead atoms. The monoisotopic (exact) mass is 263 g/mol. The quantitative estimate of drug-likeness (QED) is 0.891. The van der Waals surface area contributed by atoms with E-state index in [-0.39, 0.29) is 12.0 Å². The molecule has 98 valence electrons. The highest BCUT2D eigenvalue weighted by molar-refractivity contribution is 5.91. The van der Waals surface area contributed by atoms with Gasteiger partial charge in [-0.3, -0.25) is 4.79 Å². The van der Waals surface area contributed by atoms with Gasteiger partial charge in [0.15, 0.2) is 11.6 Å². The normalized spacial score (nSPS) is 10.2. The molecule has 0 saturated carbocycles. The number of halogens is 2. The van der Waals surface area contributed by atoms with Crippen molar-refractivity contribution in [2.45, 2.75) is 6.42 Å². The van der Waals surface area contributed by atoms with Crippen LogP contribution in [-0.2, 0) is 11.2 Å².